The molecule has 3 N–H and O–H groups in total. The molecular weight excluding hydrogens is 276 g/mol. The maximum Gasteiger partial charge on any atom is 0.237 e. The van der Waals surface area contributed by atoms with Crippen molar-refractivity contribution in [1.82, 2.24) is 5.32 Å². The fraction of sp³-hybridized carbons (Fsp3) is 0.933. The Morgan fingerprint density at radius 2 is 2.05 bits per heavy atom. The lowest BCUT2D eigenvalue weighted by Gasteiger charge is -2.34. The first-order valence-electron chi connectivity index (χ1n) is 7.62. The van der Waals surface area contributed by atoms with Crippen LogP contribution in [0.5, 0.6) is 0 Å². The Morgan fingerprint density at radius 1 is 1.40 bits per heavy atom. The van der Waals surface area contributed by atoms with Crippen LogP contribution in [0.4, 0.5) is 0 Å². The van der Waals surface area contributed by atoms with Crippen molar-refractivity contribution in [3.8, 4) is 0 Å². The summed E-state index contributed by atoms with van der Waals surface area (Å²) in [6.07, 6.45) is 3.40. The van der Waals surface area contributed by atoms with Gasteiger partial charge in [-0.25, -0.2) is 0 Å². The average Bonchev–Trinajstić information content (AvgIpc) is 2.43. The Bertz CT molecular complexity index is 287. The van der Waals surface area contributed by atoms with Gasteiger partial charge >= 0.3 is 0 Å². The highest BCUT2D eigenvalue weighted by Gasteiger charge is 2.29. The molecule has 0 radical (unpaired) electrons. The van der Waals surface area contributed by atoms with Crippen LogP contribution in [0.3, 0.4) is 0 Å². The van der Waals surface area contributed by atoms with Gasteiger partial charge in [0, 0.05) is 19.1 Å². The highest BCUT2D eigenvalue weighted by Crippen LogP contribution is 2.25. The van der Waals surface area contributed by atoms with E-state index in [-0.39, 0.29) is 30.3 Å². The maximum absolute atomic E-state index is 12.0. The summed E-state index contributed by atoms with van der Waals surface area (Å²) in [6.45, 7) is 9.96. The lowest BCUT2D eigenvalue weighted by atomic mass is 9.87. The number of nitrogens with one attached hydrogen (secondary N) is 1. The van der Waals surface area contributed by atoms with E-state index in [0.717, 1.165) is 25.9 Å². The molecule has 1 heterocycles. The maximum atomic E-state index is 12.0. The molecule has 20 heavy (non-hydrogen) atoms. The normalized spacial score (nSPS) is 25.7. The smallest absolute Gasteiger partial charge is 0.237 e. The summed E-state index contributed by atoms with van der Waals surface area (Å²) in [6, 6.07) is -0.396. The molecule has 1 amide bonds. The molecule has 5 heteroatoms. The van der Waals surface area contributed by atoms with Gasteiger partial charge in [-0.3, -0.25) is 4.79 Å². The number of amides is 1. The van der Waals surface area contributed by atoms with Gasteiger partial charge in [0.05, 0.1) is 12.1 Å². The lowest BCUT2D eigenvalue weighted by molar-refractivity contribution is -0.124. The summed E-state index contributed by atoms with van der Waals surface area (Å²) in [5, 5.41) is 3.01. The van der Waals surface area contributed by atoms with Crippen molar-refractivity contribution in [2.75, 3.05) is 13.2 Å². The number of ether oxygens (including phenoxy) is 1. The molecule has 4 unspecified atom stereocenters. The first kappa shape index (κ1) is 19.7. The van der Waals surface area contributed by atoms with Gasteiger partial charge in [-0.1, -0.05) is 34.1 Å². The van der Waals surface area contributed by atoms with Gasteiger partial charge in [0.25, 0.3) is 0 Å². The van der Waals surface area contributed by atoms with Crippen molar-refractivity contribution in [3.05, 3.63) is 0 Å². The van der Waals surface area contributed by atoms with Crippen molar-refractivity contribution in [2.45, 2.75) is 59.1 Å². The third-order valence-electron chi connectivity index (χ3n) is 4.25. The second-order valence-corrected chi connectivity index (χ2v) is 6.14. The van der Waals surface area contributed by atoms with Crippen molar-refractivity contribution in [2.24, 2.45) is 23.5 Å². The van der Waals surface area contributed by atoms with Crippen LogP contribution in [0.2, 0.25) is 0 Å². The van der Waals surface area contributed by atoms with Crippen LogP contribution in [-0.4, -0.2) is 31.2 Å². The molecule has 1 saturated heterocycles. The zero-order chi connectivity index (χ0) is 14.4. The highest BCUT2D eigenvalue weighted by molar-refractivity contribution is 5.85. The number of hydrogen-bond donors (Lipinski definition) is 2. The molecule has 1 aliphatic heterocycles. The van der Waals surface area contributed by atoms with E-state index >= 15 is 0 Å². The van der Waals surface area contributed by atoms with Crippen LogP contribution in [0.15, 0.2) is 0 Å². The Morgan fingerprint density at radius 3 is 2.60 bits per heavy atom. The van der Waals surface area contributed by atoms with Gasteiger partial charge in [0.15, 0.2) is 0 Å². The van der Waals surface area contributed by atoms with E-state index in [4.69, 9.17) is 10.5 Å². The van der Waals surface area contributed by atoms with Crippen molar-refractivity contribution in [3.63, 3.8) is 0 Å². The summed E-state index contributed by atoms with van der Waals surface area (Å²) in [5.74, 6) is 1.11. The molecule has 0 aromatic carbocycles. The molecule has 120 valence electrons. The van der Waals surface area contributed by atoms with Crippen molar-refractivity contribution < 1.29 is 9.53 Å². The van der Waals surface area contributed by atoms with Crippen LogP contribution in [0.25, 0.3) is 0 Å². The van der Waals surface area contributed by atoms with Gasteiger partial charge in [-0.05, 0) is 24.7 Å². The summed E-state index contributed by atoms with van der Waals surface area (Å²) in [4.78, 5) is 12.0. The molecule has 4 nitrogen and oxygen atoms in total. The Labute approximate surface area is 129 Å². The van der Waals surface area contributed by atoms with E-state index in [2.05, 4.69) is 26.1 Å². The van der Waals surface area contributed by atoms with Crippen LogP contribution in [0.1, 0.15) is 47.0 Å². The molecule has 1 fully saturated rings. The Hall–Kier alpha value is -0.320. The number of halogens is 1. The van der Waals surface area contributed by atoms with Gasteiger partial charge in [0.2, 0.25) is 5.91 Å². The Balaban J connectivity index is 0.00000361. The van der Waals surface area contributed by atoms with Gasteiger partial charge < -0.3 is 15.8 Å². The molecule has 0 bridgehead atoms. The van der Waals surface area contributed by atoms with Crippen LogP contribution < -0.4 is 11.1 Å². The van der Waals surface area contributed by atoms with Gasteiger partial charge in [-0.2, -0.15) is 0 Å². The summed E-state index contributed by atoms with van der Waals surface area (Å²) >= 11 is 0. The minimum atomic E-state index is -0.396. The molecule has 0 aromatic heterocycles. The summed E-state index contributed by atoms with van der Waals surface area (Å²) in [5.41, 5.74) is 5.94. The van der Waals surface area contributed by atoms with E-state index in [1.54, 1.807) is 0 Å². The summed E-state index contributed by atoms with van der Waals surface area (Å²) < 4.78 is 5.83. The van der Waals surface area contributed by atoms with E-state index < -0.39 is 6.04 Å². The second kappa shape index (κ2) is 9.59. The SMILES string of the molecule is CCC(C)C(N)C(=O)NCC1CCCOC1C(C)C.Cl. The molecular formula is C15H31ClN2O2. The van der Waals surface area contributed by atoms with E-state index in [9.17, 15) is 4.79 Å². The second-order valence-electron chi connectivity index (χ2n) is 6.14. The van der Waals surface area contributed by atoms with Crippen LogP contribution in [-0.2, 0) is 9.53 Å². The van der Waals surface area contributed by atoms with Crippen LogP contribution >= 0.6 is 12.4 Å². The number of rotatable bonds is 6. The third-order valence-corrected chi connectivity index (χ3v) is 4.25. The molecule has 1 rings (SSSR count). The monoisotopic (exact) mass is 306 g/mol. The van der Waals surface area contributed by atoms with E-state index in [1.165, 1.54) is 0 Å². The quantitative estimate of drug-likeness (QED) is 0.791. The van der Waals surface area contributed by atoms with Gasteiger partial charge in [0.1, 0.15) is 0 Å². The zero-order valence-corrected chi connectivity index (χ0v) is 14.0. The lowest BCUT2D eigenvalue weighted by Crippen LogP contribution is -2.48. The van der Waals surface area contributed by atoms with Crippen molar-refractivity contribution >= 4 is 18.3 Å². The molecule has 0 saturated carbocycles. The molecule has 1 aliphatic rings. The van der Waals surface area contributed by atoms with Crippen molar-refractivity contribution in [1.29, 1.82) is 0 Å². The van der Waals surface area contributed by atoms with Crippen LogP contribution in [0, 0.1) is 17.8 Å². The Kier molecular flexibility index (Phi) is 9.43. The predicted octanol–water partition coefficient (Wildman–Crippen LogP) is 2.35. The number of hydrogen-bond acceptors (Lipinski definition) is 3. The van der Waals surface area contributed by atoms with E-state index in [0.29, 0.717) is 18.4 Å². The zero-order valence-electron chi connectivity index (χ0n) is 13.2. The topological polar surface area (TPSA) is 64.4 Å². The third kappa shape index (κ3) is 5.58. The largest absolute Gasteiger partial charge is 0.378 e. The summed E-state index contributed by atoms with van der Waals surface area (Å²) in [7, 11) is 0. The number of carbonyl (C=O) groups is 1. The minimum absolute atomic E-state index is 0. The average molecular weight is 307 g/mol. The van der Waals surface area contributed by atoms with Gasteiger partial charge in [-0.15, -0.1) is 12.4 Å². The fourth-order valence-corrected chi connectivity index (χ4v) is 2.68. The molecule has 0 spiro atoms. The first-order valence-corrected chi connectivity index (χ1v) is 7.62. The molecule has 4 atom stereocenters. The minimum Gasteiger partial charge on any atom is -0.378 e. The standard InChI is InChI=1S/C15H30N2O2.ClH/c1-5-11(4)13(16)15(18)17-9-12-7-6-8-19-14(12)10(2)3;/h10-14H,5-9,16H2,1-4H3,(H,17,18);1H. The number of carbonyl (C=O) groups excluding carboxylic acids is 1. The highest BCUT2D eigenvalue weighted by atomic mass is 35.5. The molecule has 0 aliphatic carbocycles. The predicted molar refractivity (Wildman–Crippen MR) is 85.0 cm³/mol. The first-order chi connectivity index (χ1) is 8.97. The van der Waals surface area contributed by atoms with E-state index in [1.807, 2.05) is 6.92 Å². The molecule has 0 aromatic rings. The number of nitrogens with two attached hydrogens (primary N) is 1. The fourth-order valence-electron chi connectivity index (χ4n) is 2.68.